The summed E-state index contributed by atoms with van der Waals surface area (Å²) < 4.78 is 32.0. The molecule has 0 fully saturated rings. The molecule has 3 heterocycles. The number of rotatable bonds is 4. The quantitative estimate of drug-likeness (QED) is 0.776. The third kappa shape index (κ3) is 3.98. The second kappa shape index (κ2) is 7.09. The third-order valence-electron chi connectivity index (χ3n) is 2.84. The minimum atomic E-state index is -4.30. The SMILES string of the molecule is O=C(Nc1ncccn1)NS(=O)(=O)c1ncccc1C1=NOCCO1. The second-order valence-corrected chi connectivity index (χ2v) is 6.16. The van der Waals surface area contributed by atoms with Crippen molar-refractivity contribution in [2.45, 2.75) is 5.03 Å². The maximum absolute atomic E-state index is 12.5. The number of hydrogen-bond donors (Lipinski definition) is 2. The standard InChI is InChI=1S/C13H12N6O5S/c20-13(17-12-15-5-2-6-16-12)19-25(21,22)11-9(3-1-4-14-11)10-18-24-8-7-23-10/h1-6H,7-8H2,(H2,15,16,17,19,20). The summed E-state index contributed by atoms with van der Waals surface area (Å²) in [5.41, 5.74) is 0.0680. The highest BCUT2D eigenvalue weighted by Crippen LogP contribution is 2.16. The molecule has 2 N–H and O–H groups in total. The molecule has 12 heteroatoms. The van der Waals surface area contributed by atoms with Crippen LogP contribution in [0, 0.1) is 0 Å². The Bertz CT molecular complexity index is 902. The van der Waals surface area contributed by atoms with Gasteiger partial charge in [0, 0.05) is 18.6 Å². The van der Waals surface area contributed by atoms with Crippen molar-refractivity contribution in [3.8, 4) is 0 Å². The van der Waals surface area contributed by atoms with Crippen LogP contribution in [0.4, 0.5) is 10.7 Å². The van der Waals surface area contributed by atoms with E-state index in [1.165, 1.54) is 30.7 Å². The molecule has 0 spiro atoms. The molecule has 2 amide bonds. The van der Waals surface area contributed by atoms with Gasteiger partial charge >= 0.3 is 6.03 Å². The lowest BCUT2D eigenvalue weighted by Crippen LogP contribution is -2.36. The van der Waals surface area contributed by atoms with Crippen molar-refractivity contribution in [2.24, 2.45) is 5.16 Å². The lowest BCUT2D eigenvalue weighted by atomic mass is 10.3. The average Bonchev–Trinajstić information content (AvgIpc) is 2.63. The van der Waals surface area contributed by atoms with Gasteiger partial charge in [-0.25, -0.2) is 24.5 Å². The van der Waals surface area contributed by atoms with Crippen LogP contribution in [0.2, 0.25) is 0 Å². The summed E-state index contributed by atoms with van der Waals surface area (Å²) in [6.45, 7) is 0.468. The first-order chi connectivity index (χ1) is 12.1. The van der Waals surface area contributed by atoms with E-state index in [4.69, 9.17) is 9.57 Å². The normalized spacial score (nSPS) is 13.8. The summed E-state index contributed by atoms with van der Waals surface area (Å²) in [6.07, 6.45) is 4.06. The Morgan fingerprint density at radius 1 is 1.08 bits per heavy atom. The fourth-order valence-corrected chi connectivity index (χ4v) is 2.90. The van der Waals surface area contributed by atoms with Gasteiger partial charge in [0.25, 0.3) is 15.9 Å². The van der Waals surface area contributed by atoms with Crippen LogP contribution < -0.4 is 10.0 Å². The Labute approximate surface area is 142 Å². The number of nitrogens with zero attached hydrogens (tertiary/aromatic N) is 4. The van der Waals surface area contributed by atoms with Crippen LogP contribution in [-0.4, -0.2) is 48.5 Å². The molecule has 1 aliphatic rings. The monoisotopic (exact) mass is 364 g/mol. The van der Waals surface area contributed by atoms with Crippen molar-refractivity contribution in [3.05, 3.63) is 42.4 Å². The number of anilines is 1. The van der Waals surface area contributed by atoms with Crippen LogP contribution in [-0.2, 0) is 19.6 Å². The minimum absolute atomic E-state index is 0.0356. The molecular weight excluding hydrogens is 352 g/mol. The second-order valence-electron chi connectivity index (χ2n) is 4.57. The van der Waals surface area contributed by atoms with E-state index in [2.05, 4.69) is 25.4 Å². The van der Waals surface area contributed by atoms with Crippen molar-refractivity contribution in [3.63, 3.8) is 0 Å². The van der Waals surface area contributed by atoms with Gasteiger partial charge in [-0.2, -0.15) is 8.42 Å². The Balaban J connectivity index is 1.83. The highest BCUT2D eigenvalue weighted by molar-refractivity contribution is 7.90. The molecule has 0 aromatic carbocycles. The summed E-state index contributed by atoms with van der Waals surface area (Å²) in [7, 11) is -4.30. The Morgan fingerprint density at radius 3 is 2.56 bits per heavy atom. The van der Waals surface area contributed by atoms with Crippen LogP contribution in [0.5, 0.6) is 0 Å². The number of ether oxygens (including phenoxy) is 1. The maximum atomic E-state index is 12.5. The molecule has 3 rings (SSSR count). The number of aromatic nitrogens is 3. The first kappa shape index (κ1) is 16.6. The Hall–Kier alpha value is -3.28. The van der Waals surface area contributed by atoms with Crippen molar-refractivity contribution >= 4 is 27.9 Å². The molecule has 11 nitrogen and oxygen atoms in total. The molecule has 0 saturated heterocycles. The zero-order valence-electron chi connectivity index (χ0n) is 12.6. The van der Waals surface area contributed by atoms with Gasteiger partial charge in [0.15, 0.2) is 11.6 Å². The van der Waals surface area contributed by atoms with Crippen molar-refractivity contribution in [2.75, 3.05) is 18.5 Å². The van der Waals surface area contributed by atoms with Crippen LogP contribution in [0.25, 0.3) is 0 Å². The number of carbonyl (C=O) groups excluding carboxylic acids is 1. The zero-order chi connectivity index (χ0) is 17.7. The van der Waals surface area contributed by atoms with Crippen LogP contribution in [0.15, 0.2) is 47.0 Å². The number of sulfonamides is 1. The van der Waals surface area contributed by atoms with Crippen molar-refractivity contribution in [1.29, 1.82) is 0 Å². The predicted molar refractivity (Wildman–Crippen MR) is 84.1 cm³/mol. The molecular formula is C13H12N6O5S. The minimum Gasteiger partial charge on any atom is -0.471 e. The largest absolute Gasteiger partial charge is 0.471 e. The van der Waals surface area contributed by atoms with E-state index in [1.54, 1.807) is 6.07 Å². The lowest BCUT2D eigenvalue weighted by molar-refractivity contribution is 0.0653. The molecule has 0 saturated carbocycles. The summed E-state index contributed by atoms with van der Waals surface area (Å²) in [4.78, 5) is 28.1. The number of carbonyl (C=O) groups is 1. The maximum Gasteiger partial charge on any atom is 0.335 e. The van der Waals surface area contributed by atoms with E-state index in [1.807, 2.05) is 4.72 Å². The number of hydrogen-bond acceptors (Lipinski definition) is 9. The third-order valence-corrected chi connectivity index (χ3v) is 4.12. The van der Waals surface area contributed by atoms with Gasteiger partial charge in [-0.3, -0.25) is 5.32 Å². The molecule has 2 aromatic rings. The molecule has 25 heavy (non-hydrogen) atoms. The van der Waals surface area contributed by atoms with E-state index in [0.29, 0.717) is 0 Å². The van der Waals surface area contributed by atoms with Gasteiger partial charge in [0.1, 0.15) is 6.61 Å². The predicted octanol–water partition coefficient (Wildman–Crippen LogP) is 0.0904. The van der Waals surface area contributed by atoms with Gasteiger partial charge in [0.2, 0.25) is 5.95 Å². The summed E-state index contributed by atoms with van der Waals surface area (Å²) in [6, 6.07) is 3.46. The van der Waals surface area contributed by atoms with Gasteiger partial charge in [-0.05, 0) is 23.4 Å². The summed E-state index contributed by atoms with van der Waals surface area (Å²) in [5, 5.41) is 5.44. The molecule has 0 bridgehead atoms. The Morgan fingerprint density at radius 2 is 1.84 bits per heavy atom. The summed E-state index contributed by atoms with van der Waals surface area (Å²) in [5.74, 6) is -0.0867. The highest BCUT2D eigenvalue weighted by Gasteiger charge is 2.27. The molecule has 1 aliphatic heterocycles. The number of nitrogens with one attached hydrogen (secondary N) is 2. The van der Waals surface area contributed by atoms with Gasteiger partial charge < -0.3 is 9.57 Å². The van der Waals surface area contributed by atoms with E-state index in [0.717, 1.165) is 0 Å². The molecule has 0 radical (unpaired) electrons. The highest BCUT2D eigenvalue weighted by atomic mass is 32.2. The van der Waals surface area contributed by atoms with Crippen LogP contribution in [0.1, 0.15) is 5.56 Å². The first-order valence-corrected chi connectivity index (χ1v) is 8.43. The van der Waals surface area contributed by atoms with Crippen LogP contribution >= 0.6 is 0 Å². The topological polar surface area (TPSA) is 145 Å². The fraction of sp³-hybridized carbons (Fsp3) is 0.154. The van der Waals surface area contributed by atoms with Gasteiger partial charge in [-0.15, -0.1) is 0 Å². The summed E-state index contributed by atoms with van der Waals surface area (Å²) >= 11 is 0. The molecule has 0 aliphatic carbocycles. The van der Waals surface area contributed by atoms with E-state index in [9.17, 15) is 13.2 Å². The van der Waals surface area contributed by atoms with Gasteiger partial charge in [-0.1, -0.05) is 0 Å². The number of urea groups is 1. The Kier molecular flexibility index (Phi) is 4.70. The van der Waals surface area contributed by atoms with E-state index >= 15 is 0 Å². The van der Waals surface area contributed by atoms with E-state index in [-0.39, 0.29) is 30.6 Å². The van der Waals surface area contributed by atoms with Crippen LogP contribution in [0.3, 0.4) is 0 Å². The van der Waals surface area contributed by atoms with E-state index < -0.39 is 21.1 Å². The first-order valence-electron chi connectivity index (χ1n) is 6.95. The fourth-order valence-electron chi connectivity index (χ4n) is 1.86. The zero-order valence-corrected chi connectivity index (χ0v) is 13.4. The number of oxime groups is 1. The molecule has 0 atom stereocenters. The van der Waals surface area contributed by atoms with Crippen molar-refractivity contribution < 1.29 is 22.8 Å². The molecule has 2 aromatic heterocycles. The number of amides is 2. The smallest absolute Gasteiger partial charge is 0.335 e. The van der Waals surface area contributed by atoms with Gasteiger partial charge in [0.05, 0.1) is 5.56 Å². The average molecular weight is 364 g/mol. The molecule has 130 valence electrons. The molecule has 0 unspecified atom stereocenters. The van der Waals surface area contributed by atoms with Crippen molar-refractivity contribution in [1.82, 2.24) is 19.7 Å². The lowest BCUT2D eigenvalue weighted by Gasteiger charge is -2.15. The number of pyridine rings is 1.